The predicted octanol–water partition coefficient (Wildman–Crippen LogP) is 2.82. The molecule has 1 atom stereocenters. The van der Waals surface area contributed by atoms with Gasteiger partial charge in [0, 0.05) is 17.1 Å². The van der Waals surface area contributed by atoms with Crippen LogP contribution in [0.15, 0.2) is 33.9 Å². The fraction of sp³-hybridized carbons (Fsp3) is 0.231. The molecular weight excluding hydrogens is 299 g/mol. The number of thiophene rings is 1. The Balaban J connectivity index is 2.22. The van der Waals surface area contributed by atoms with E-state index < -0.39 is 16.1 Å². The summed E-state index contributed by atoms with van der Waals surface area (Å²) in [5.74, 6) is -0.353. The summed E-state index contributed by atoms with van der Waals surface area (Å²) in [4.78, 5) is 0. The predicted molar refractivity (Wildman–Crippen MR) is 78.6 cm³/mol. The summed E-state index contributed by atoms with van der Waals surface area (Å²) in [5.41, 5.74) is 7.02. The SMILES string of the molecule is Cc1ccc(C(C)NS(=O)(=O)c2cc(N)cs2)cc1F. The van der Waals surface area contributed by atoms with Gasteiger partial charge in [-0.05, 0) is 37.1 Å². The van der Waals surface area contributed by atoms with E-state index in [0.29, 0.717) is 16.8 Å². The zero-order valence-electron chi connectivity index (χ0n) is 11.1. The summed E-state index contributed by atoms with van der Waals surface area (Å²) in [6.07, 6.45) is 0. The smallest absolute Gasteiger partial charge is 0.250 e. The molecule has 0 radical (unpaired) electrons. The van der Waals surface area contributed by atoms with Gasteiger partial charge in [0.15, 0.2) is 0 Å². The molecule has 0 aliphatic heterocycles. The van der Waals surface area contributed by atoms with Crippen LogP contribution >= 0.6 is 11.3 Å². The number of benzene rings is 1. The Bertz CT molecular complexity index is 726. The van der Waals surface area contributed by atoms with Gasteiger partial charge < -0.3 is 5.73 Å². The Hall–Kier alpha value is -1.44. The molecule has 3 N–H and O–H groups in total. The van der Waals surface area contributed by atoms with Gasteiger partial charge in [-0.2, -0.15) is 0 Å². The van der Waals surface area contributed by atoms with Crippen LogP contribution in [-0.4, -0.2) is 8.42 Å². The van der Waals surface area contributed by atoms with Gasteiger partial charge >= 0.3 is 0 Å². The second-order valence-electron chi connectivity index (χ2n) is 4.55. The van der Waals surface area contributed by atoms with Crippen LogP contribution in [0, 0.1) is 12.7 Å². The Kier molecular flexibility index (Phi) is 4.12. The van der Waals surface area contributed by atoms with Crippen molar-refractivity contribution in [1.82, 2.24) is 4.72 Å². The molecule has 2 rings (SSSR count). The fourth-order valence-electron chi connectivity index (χ4n) is 1.71. The molecule has 0 fully saturated rings. The van der Waals surface area contributed by atoms with Crippen LogP contribution in [0.4, 0.5) is 10.1 Å². The number of nitrogen functional groups attached to an aromatic ring is 1. The van der Waals surface area contributed by atoms with Crippen LogP contribution < -0.4 is 10.5 Å². The Morgan fingerprint density at radius 2 is 2.05 bits per heavy atom. The third-order valence-electron chi connectivity index (χ3n) is 2.89. The van der Waals surface area contributed by atoms with Gasteiger partial charge in [-0.15, -0.1) is 11.3 Å². The Morgan fingerprint density at radius 1 is 1.35 bits per heavy atom. The molecule has 4 nitrogen and oxygen atoms in total. The van der Waals surface area contributed by atoms with Gasteiger partial charge in [0.1, 0.15) is 10.0 Å². The van der Waals surface area contributed by atoms with Crippen molar-refractivity contribution in [3.05, 3.63) is 46.6 Å². The zero-order valence-corrected chi connectivity index (χ0v) is 12.7. The molecule has 1 heterocycles. The summed E-state index contributed by atoms with van der Waals surface area (Å²) >= 11 is 1.05. The summed E-state index contributed by atoms with van der Waals surface area (Å²) in [6, 6.07) is 5.53. The molecule has 0 aliphatic rings. The lowest BCUT2D eigenvalue weighted by molar-refractivity contribution is 0.566. The number of anilines is 1. The Morgan fingerprint density at radius 3 is 2.60 bits per heavy atom. The second-order valence-corrected chi connectivity index (χ2v) is 7.40. The number of hydrogen-bond acceptors (Lipinski definition) is 4. The molecule has 1 aromatic heterocycles. The molecule has 20 heavy (non-hydrogen) atoms. The largest absolute Gasteiger partial charge is 0.398 e. The standard InChI is InChI=1S/C13H15FN2O2S2/c1-8-3-4-10(5-12(8)14)9(2)16-20(17,18)13-6-11(15)7-19-13/h3-7,9,16H,15H2,1-2H3. The van der Waals surface area contributed by atoms with Gasteiger partial charge in [-0.1, -0.05) is 12.1 Å². The van der Waals surface area contributed by atoms with E-state index >= 15 is 0 Å². The van der Waals surface area contributed by atoms with Crippen molar-refractivity contribution in [3.8, 4) is 0 Å². The van der Waals surface area contributed by atoms with Gasteiger partial charge in [-0.25, -0.2) is 17.5 Å². The van der Waals surface area contributed by atoms with E-state index in [-0.39, 0.29) is 10.0 Å². The molecule has 1 aromatic carbocycles. The van der Waals surface area contributed by atoms with Gasteiger partial charge in [0.25, 0.3) is 10.0 Å². The first-order chi connectivity index (χ1) is 9.29. The van der Waals surface area contributed by atoms with E-state index in [1.54, 1.807) is 31.4 Å². The van der Waals surface area contributed by atoms with Crippen LogP contribution in [-0.2, 0) is 10.0 Å². The molecule has 0 saturated heterocycles. The fourth-order valence-corrected chi connectivity index (χ4v) is 4.04. The van der Waals surface area contributed by atoms with Crippen LogP contribution in [0.2, 0.25) is 0 Å². The van der Waals surface area contributed by atoms with E-state index in [9.17, 15) is 12.8 Å². The highest BCUT2D eigenvalue weighted by atomic mass is 32.2. The number of hydrogen-bond donors (Lipinski definition) is 2. The molecule has 0 spiro atoms. The number of aryl methyl sites for hydroxylation is 1. The average molecular weight is 314 g/mol. The molecule has 0 aliphatic carbocycles. The highest BCUT2D eigenvalue weighted by Crippen LogP contribution is 2.24. The number of halogens is 1. The lowest BCUT2D eigenvalue weighted by Gasteiger charge is -2.14. The summed E-state index contributed by atoms with van der Waals surface area (Å²) in [7, 11) is -3.64. The lowest BCUT2D eigenvalue weighted by Crippen LogP contribution is -2.26. The van der Waals surface area contributed by atoms with Crippen LogP contribution in [0.5, 0.6) is 0 Å². The van der Waals surface area contributed by atoms with Crippen molar-refractivity contribution in [2.75, 3.05) is 5.73 Å². The minimum Gasteiger partial charge on any atom is -0.398 e. The van der Waals surface area contributed by atoms with Crippen LogP contribution in [0.1, 0.15) is 24.1 Å². The highest BCUT2D eigenvalue weighted by molar-refractivity contribution is 7.91. The van der Waals surface area contributed by atoms with Crippen molar-refractivity contribution >= 4 is 27.0 Å². The molecule has 7 heteroatoms. The van der Waals surface area contributed by atoms with E-state index in [4.69, 9.17) is 5.73 Å². The maximum Gasteiger partial charge on any atom is 0.250 e. The first-order valence-electron chi connectivity index (χ1n) is 5.92. The summed E-state index contributed by atoms with van der Waals surface area (Å²) < 4.78 is 40.4. The third-order valence-corrected chi connectivity index (χ3v) is 5.89. The van der Waals surface area contributed by atoms with Gasteiger partial charge in [0.05, 0.1) is 0 Å². The summed E-state index contributed by atoms with van der Waals surface area (Å²) in [6.45, 7) is 3.32. The number of nitrogens with two attached hydrogens (primary N) is 1. The minimum absolute atomic E-state index is 0.148. The monoisotopic (exact) mass is 314 g/mol. The Labute approximate surface area is 121 Å². The molecule has 2 aromatic rings. The first kappa shape index (κ1) is 15.0. The first-order valence-corrected chi connectivity index (χ1v) is 8.28. The molecule has 0 saturated carbocycles. The minimum atomic E-state index is -3.64. The summed E-state index contributed by atoms with van der Waals surface area (Å²) in [5, 5.41) is 1.56. The van der Waals surface area contributed by atoms with E-state index in [1.165, 1.54) is 12.1 Å². The van der Waals surface area contributed by atoms with Crippen molar-refractivity contribution in [2.45, 2.75) is 24.1 Å². The van der Waals surface area contributed by atoms with Crippen molar-refractivity contribution in [3.63, 3.8) is 0 Å². The van der Waals surface area contributed by atoms with Crippen molar-refractivity contribution in [1.29, 1.82) is 0 Å². The van der Waals surface area contributed by atoms with E-state index in [0.717, 1.165) is 11.3 Å². The second kappa shape index (κ2) is 5.51. The third kappa shape index (κ3) is 3.17. The topological polar surface area (TPSA) is 72.2 Å². The highest BCUT2D eigenvalue weighted by Gasteiger charge is 2.20. The molecule has 0 bridgehead atoms. The molecule has 1 unspecified atom stereocenters. The number of nitrogens with one attached hydrogen (secondary N) is 1. The quantitative estimate of drug-likeness (QED) is 0.911. The van der Waals surface area contributed by atoms with Crippen molar-refractivity contribution < 1.29 is 12.8 Å². The lowest BCUT2D eigenvalue weighted by atomic mass is 10.1. The molecular formula is C13H15FN2O2S2. The van der Waals surface area contributed by atoms with E-state index in [2.05, 4.69) is 4.72 Å². The number of sulfonamides is 1. The average Bonchev–Trinajstić information content (AvgIpc) is 2.79. The van der Waals surface area contributed by atoms with Gasteiger partial charge in [0.2, 0.25) is 0 Å². The molecule has 0 amide bonds. The van der Waals surface area contributed by atoms with Crippen molar-refractivity contribution in [2.24, 2.45) is 0 Å². The van der Waals surface area contributed by atoms with Crippen LogP contribution in [0.25, 0.3) is 0 Å². The normalized spacial score (nSPS) is 13.3. The maximum absolute atomic E-state index is 13.5. The zero-order chi connectivity index (χ0) is 14.9. The van der Waals surface area contributed by atoms with E-state index in [1.807, 2.05) is 0 Å². The maximum atomic E-state index is 13.5. The van der Waals surface area contributed by atoms with Gasteiger partial charge in [-0.3, -0.25) is 0 Å². The molecule has 108 valence electrons. The number of rotatable bonds is 4. The van der Waals surface area contributed by atoms with Crippen LogP contribution in [0.3, 0.4) is 0 Å².